The third kappa shape index (κ3) is 4.16. The molecule has 1 aliphatic carbocycles. The van der Waals surface area contributed by atoms with E-state index >= 15 is 0 Å². The maximum Gasteiger partial charge on any atom is 0.253 e. The maximum atomic E-state index is 12.6. The van der Waals surface area contributed by atoms with E-state index in [1.54, 1.807) is 0 Å². The summed E-state index contributed by atoms with van der Waals surface area (Å²) >= 11 is 7.48. The van der Waals surface area contributed by atoms with Crippen molar-refractivity contribution in [1.82, 2.24) is 5.32 Å². The zero-order chi connectivity index (χ0) is 15.3. The lowest BCUT2D eigenvalue weighted by molar-refractivity contribution is 0.0912. The lowest BCUT2D eigenvalue weighted by atomic mass is 9.83. The van der Waals surface area contributed by atoms with Crippen molar-refractivity contribution < 1.29 is 4.79 Å². The molecule has 1 fully saturated rings. The first-order chi connectivity index (χ1) is 10.1. The molecule has 3 N–H and O–H groups in total. The molecular formula is C16H21IN2OS. The fraction of sp³-hybridized carbons (Fsp3) is 0.500. The highest BCUT2D eigenvalue weighted by atomic mass is 127. The Morgan fingerprint density at radius 2 is 1.71 bits per heavy atom. The van der Waals surface area contributed by atoms with E-state index in [0.717, 1.165) is 29.3 Å². The van der Waals surface area contributed by atoms with Crippen LogP contribution < -0.4 is 11.1 Å². The molecule has 0 saturated heterocycles. The Morgan fingerprint density at radius 1 is 1.14 bits per heavy atom. The molecular weight excluding hydrogens is 395 g/mol. The number of amides is 1. The number of nitrogens with two attached hydrogens (primary N) is 1. The molecule has 0 bridgehead atoms. The molecule has 0 unspecified atom stereocenters. The molecule has 0 aliphatic heterocycles. The molecule has 0 spiro atoms. The van der Waals surface area contributed by atoms with Crippen LogP contribution in [-0.4, -0.2) is 16.4 Å². The molecule has 2 rings (SSSR count). The summed E-state index contributed by atoms with van der Waals surface area (Å²) < 4.78 is 0.941. The monoisotopic (exact) mass is 416 g/mol. The third-order valence-electron chi connectivity index (χ3n) is 4.15. The van der Waals surface area contributed by atoms with Crippen LogP contribution in [0, 0.1) is 3.57 Å². The minimum Gasteiger partial charge on any atom is -0.391 e. The van der Waals surface area contributed by atoms with Gasteiger partial charge in [0.1, 0.15) is 0 Å². The third-order valence-corrected chi connectivity index (χ3v) is 5.48. The molecule has 0 radical (unpaired) electrons. The van der Waals surface area contributed by atoms with Crippen LogP contribution in [0.1, 0.15) is 55.3 Å². The maximum absolute atomic E-state index is 12.6. The number of hydrogen-bond donors (Lipinski definition) is 2. The van der Waals surface area contributed by atoms with E-state index in [0.29, 0.717) is 10.6 Å². The smallest absolute Gasteiger partial charge is 0.253 e. The van der Waals surface area contributed by atoms with Crippen LogP contribution in [0.5, 0.6) is 0 Å². The van der Waals surface area contributed by atoms with Gasteiger partial charge in [-0.3, -0.25) is 4.79 Å². The van der Waals surface area contributed by atoms with Crippen LogP contribution in [0.2, 0.25) is 0 Å². The van der Waals surface area contributed by atoms with Crippen LogP contribution in [0.3, 0.4) is 0 Å². The van der Waals surface area contributed by atoms with Gasteiger partial charge in [-0.15, -0.1) is 0 Å². The molecule has 1 saturated carbocycles. The predicted octanol–water partition coefficient (Wildman–Crippen LogP) is 3.79. The zero-order valence-electron chi connectivity index (χ0n) is 12.0. The Balaban J connectivity index is 2.21. The largest absolute Gasteiger partial charge is 0.391 e. The van der Waals surface area contributed by atoms with E-state index in [1.165, 1.54) is 19.3 Å². The van der Waals surface area contributed by atoms with Gasteiger partial charge in [-0.25, -0.2) is 0 Å². The summed E-state index contributed by atoms with van der Waals surface area (Å²) in [5.41, 5.74) is 6.17. The number of nitrogens with one attached hydrogen (secondary N) is 1. The minimum atomic E-state index is -0.522. The van der Waals surface area contributed by atoms with Gasteiger partial charge in [0.05, 0.1) is 16.1 Å². The quantitative estimate of drug-likeness (QED) is 0.583. The van der Waals surface area contributed by atoms with E-state index in [2.05, 4.69) is 27.9 Å². The molecule has 1 aromatic carbocycles. The van der Waals surface area contributed by atoms with Crippen molar-refractivity contribution in [3.05, 3.63) is 33.4 Å². The van der Waals surface area contributed by atoms with Crippen LogP contribution in [0.25, 0.3) is 0 Å². The SMILES string of the molecule is NC(=S)C1(NC(=O)c2ccccc2I)CCCCCCC1. The van der Waals surface area contributed by atoms with Gasteiger partial charge in [0.25, 0.3) is 5.91 Å². The lowest BCUT2D eigenvalue weighted by Crippen LogP contribution is -2.57. The van der Waals surface area contributed by atoms with Gasteiger partial charge in [0.15, 0.2) is 0 Å². The number of carbonyl (C=O) groups is 1. The van der Waals surface area contributed by atoms with Gasteiger partial charge >= 0.3 is 0 Å². The van der Waals surface area contributed by atoms with Crippen LogP contribution >= 0.6 is 34.8 Å². The zero-order valence-corrected chi connectivity index (χ0v) is 15.0. The van der Waals surface area contributed by atoms with E-state index in [9.17, 15) is 4.79 Å². The molecule has 0 heterocycles. The minimum absolute atomic E-state index is 0.0756. The van der Waals surface area contributed by atoms with Crippen molar-refractivity contribution in [3.8, 4) is 0 Å². The van der Waals surface area contributed by atoms with E-state index < -0.39 is 5.54 Å². The standard InChI is InChI=1S/C16H21IN2OS/c17-13-9-5-4-8-12(13)14(20)19-16(15(18)21)10-6-2-1-3-7-11-16/h4-5,8-9H,1-3,6-7,10-11H2,(H2,18,21)(H,19,20). The highest BCUT2D eigenvalue weighted by molar-refractivity contribution is 14.1. The number of rotatable bonds is 3. The second-order valence-electron chi connectivity index (χ2n) is 5.65. The first-order valence-corrected chi connectivity index (χ1v) is 8.91. The van der Waals surface area contributed by atoms with Crippen molar-refractivity contribution in [2.45, 2.75) is 50.5 Å². The molecule has 0 aromatic heterocycles. The molecule has 21 heavy (non-hydrogen) atoms. The molecule has 5 heteroatoms. The normalized spacial score (nSPS) is 18.3. The highest BCUT2D eigenvalue weighted by Crippen LogP contribution is 2.27. The fourth-order valence-corrected chi connectivity index (χ4v) is 3.76. The average molecular weight is 416 g/mol. The number of hydrogen-bond acceptors (Lipinski definition) is 2. The Labute approximate surface area is 145 Å². The van der Waals surface area contributed by atoms with Crippen LogP contribution in [0.15, 0.2) is 24.3 Å². The van der Waals surface area contributed by atoms with Gasteiger partial charge in [-0.05, 0) is 47.6 Å². The van der Waals surface area contributed by atoms with Crippen molar-refractivity contribution in [3.63, 3.8) is 0 Å². The number of benzene rings is 1. The van der Waals surface area contributed by atoms with Crippen molar-refractivity contribution in [1.29, 1.82) is 0 Å². The Kier molecular flexibility index (Phi) is 5.98. The Bertz CT molecular complexity index is 525. The molecule has 114 valence electrons. The summed E-state index contributed by atoms with van der Waals surface area (Å²) in [5.74, 6) is -0.0756. The summed E-state index contributed by atoms with van der Waals surface area (Å²) in [6.45, 7) is 0. The van der Waals surface area contributed by atoms with E-state index in [-0.39, 0.29) is 5.91 Å². The van der Waals surface area contributed by atoms with Gasteiger partial charge < -0.3 is 11.1 Å². The molecule has 0 atom stereocenters. The summed E-state index contributed by atoms with van der Waals surface area (Å²) in [6, 6.07) is 7.58. The second kappa shape index (κ2) is 7.54. The lowest BCUT2D eigenvalue weighted by Gasteiger charge is -2.35. The Hall–Kier alpha value is -0.690. The van der Waals surface area contributed by atoms with Gasteiger partial charge in [-0.2, -0.15) is 0 Å². The summed E-state index contributed by atoms with van der Waals surface area (Å²) in [4.78, 5) is 13.0. The predicted molar refractivity (Wildman–Crippen MR) is 98.5 cm³/mol. The fourth-order valence-electron chi connectivity index (χ4n) is 2.87. The molecule has 1 aliphatic rings. The number of halogens is 1. The van der Waals surface area contributed by atoms with Crippen molar-refractivity contribution >= 4 is 45.7 Å². The average Bonchev–Trinajstić information content (AvgIpc) is 2.42. The number of thiocarbonyl (C=S) groups is 1. The first-order valence-electron chi connectivity index (χ1n) is 7.42. The van der Waals surface area contributed by atoms with Crippen molar-refractivity contribution in [2.24, 2.45) is 5.73 Å². The molecule has 3 nitrogen and oxygen atoms in total. The van der Waals surface area contributed by atoms with E-state index in [1.807, 2.05) is 24.3 Å². The highest BCUT2D eigenvalue weighted by Gasteiger charge is 2.35. The van der Waals surface area contributed by atoms with Gasteiger partial charge in [-0.1, -0.05) is 56.5 Å². The number of carbonyl (C=O) groups excluding carboxylic acids is 1. The molecule has 1 amide bonds. The summed E-state index contributed by atoms with van der Waals surface area (Å²) in [7, 11) is 0. The van der Waals surface area contributed by atoms with Crippen LogP contribution in [0.4, 0.5) is 0 Å². The van der Waals surface area contributed by atoms with Gasteiger partial charge in [0.2, 0.25) is 0 Å². The second-order valence-corrected chi connectivity index (χ2v) is 7.25. The van der Waals surface area contributed by atoms with E-state index in [4.69, 9.17) is 18.0 Å². The first kappa shape index (κ1) is 16.7. The van der Waals surface area contributed by atoms with Crippen molar-refractivity contribution in [2.75, 3.05) is 0 Å². The Morgan fingerprint density at radius 3 is 2.29 bits per heavy atom. The topological polar surface area (TPSA) is 55.1 Å². The summed E-state index contributed by atoms with van der Waals surface area (Å²) in [6.07, 6.45) is 7.44. The summed E-state index contributed by atoms with van der Waals surface area (Å²) in [5, 5.41) is 3.15. The van der Waals surface area contributed by atoms with Gasteiger partial charge in [0, 0.05) is 3.57 Å². The van der Waals surface area contributed by atoms with Crippen LogP contribution in [-0.2, 0) is 0 Å². The molecule has 1 aromatic rings.